The maximum Gasteiger partial charge on any atom is 0.231 e. The molecular formula is C14H19FN2O. The number of nitrogens with zero attached hydrogens (tertiary/aromatic N) is 1. The molecule has 1 heterocycles. The predicted molar refractivity (Wildman–Crippen MR) is 70.0 cm³/mol. The SMILES string of the molecule is CC1CNCC(C(=O)N(C)c2ccc(F)cc2)C1. The van der Waals surface area contributed by atoms with E-state index < -0.39 is 0 Å². The van der Waals surface area contributed by atoms with Crippen LogP contribution >= 0.6 is 0 Å². The number of piperidine rings is 1. The van der Waals surface area contributed by atoms with Crippen LogP contribution in [0.3, 0.4) is 0 Å². The highest BCUT2D eigenvalue weighted by Crippen LogP contribution is 2.21. The summed E-state index contributed by atoms with van der Waals surface area (Å²) in [4.78, 5) is 13.9. The van der Waals surface area contributed by atoms with Gasteiger partial charge >= 0.3 is 0 Å². The second kappa shape index (κ2) is 5.48. The zero-order valence-corrected chi connectivity index (χ0v) is 10.8. The zero-order chi connectivity index (χ0) is 13.1. The second-order valence-electron chi connectivity index (χ2n) is 5.07. The molecule has 18 heavy (non-hydrogen) atoms. The molecule has 1 fully saturated rings. The van der Waals surface area contributed by atoms with E-state index in [2.05, 4.69) is 12.2 Å². The number of benzene rings is 1. The Hall–Kier alpha value is -1.42. The van der Waals surface area contributed by atoms with Crippen molar-refractivity contribution in [1.82, 2.24) is 5.32 Å². The van der Waals surface area contributed by atoms with Crippen molar-refractivity contribution in [2.75, 3.05) is 25.0 Å². The molecule has 4 heteroatoms. The minimum absolute atomic E-state index is 0.0174. The molecule has 1 aliphatic heterocycles. The van der Waals surface area contributed by atoms with Gasteiger partial charge in [0.1, 0.15) is 5.82 Å². The lowest BCUT2D eigenvalue weighted by atomic mass is 9.91. The van der Waals surface area contributed by atoms with Gasteiger partial charge < -0.3 is 10.2 Å². The van der Waals surface area contributed by atoms with Gasteiger partial charge in [-0.3, -0.25) is 4.79 Å². The fourth-order valence-corrected chi connectivity index (χ4v) is 2.41. The van der Waals surface area contributed by atoms with Gasteiger partial charge in [-0.25, -0.2) is 4.39 Å². The van der Waals surface area contributed by atoms with Gasteiger partial charge in [0.25, 0.3) is 0 Å². The maximum atomic E-state index is 12.8. The summed E-state index contributed by atoms with van der Waals surface area (Å²) in [7, 11) is 1.74. The fourth-order valence-electron chi connectivity index (χ4n) is 2.41. The monoisotopic (exact) mass is 250 g/mol. The van der Waals surface area contributed by atoms with Crippen LogP contribution in [0.1, 0.15) is 13.3 Å². The molecule has 1 N–H and O–H groups in total. The number of halogens is 1. The molecule has 1 saturated heterocycles. The first-order valence-corrected chi connectivity index (χ1v) is 6.32. The number of hydrogen-bond acceptors (Lipinski definition) is 2. The van der Waals surface area contributed by atoms with Gasteiger partial charge in [-0.15, -0.1) is 0 Å². The fraction of sp³-hybridized carbons (Fsp3) is 0.500. The lowest BCUT2D eigenvalue weighted by Gasteiger charge is -2.30. The normalized spacial score (nSPS) is 23.7. The first-order valence-electron chi connectivity index (χ1n) is 6.32. The largest absolute Gasteiger partial charge is 0.316 e. The Morgan fingerprint density at radius 2 is 2.00 bits per heavy atom. The van der Waals surface area contributed by atoms with Crippen LogP contribution in [0.15, 0.2) is 24.3 Å². The van der Waals surface area contributed by atoms with Crippen LogP contribution in [0.2, 0.25) is 0 Å². The Bertz CT molecular complexity index is 418. The minimum Gasteiger partial charge on any atom is -0.316 e. The molecule has 1 aromatic carbocycles. The predicted octanol–water partition coefficient (Wildman–Crippen LogP) is 2.03. The third-order valence-corrected chi connectivity index (χ3v) is 3.46. The molecule has 2 rings (SSSR count). The van der Waals surface area contributed by atoms with Crippen molar-refractivity contribution in [3.63, 3.8) is 0 Å². The minimum atomic E-state index is -0.285. The molecule has 3 nitrogen and oxygen atoms in total. The molecule has 0 aromatic heterocycles. The highest BCUT2D eigenvalue weighted by molar-refractivity contribution is 5.94. The van der Waals surface area contributed by atoms with Gasteiger partial charge in [-0.1, -0.05) is 6.92 Å². The second-order valence-corrected chi connectivity index (χ2v) is 5.07. The van der Waals surface area contributed by atoms with E-state index in [4.69, 9.17) is 0 Å². The summed E-state index contributed by atoms with van der Waals surface area (Å²) in [5, 5.41) is 3.27. The summed E-state index contributed by atoms with van der Waals surface area (Å²) in [6.07, 6.45) is 0.914. The molecule has 2 unspecified atom stereocenters. The molecule has 1 aromatic rings. The molecule has 0 spiro atoms. The highest BCUT2D eigenvalue weighted by atomic mass is 19.1. The van der Waals surface area contributed by atoms with Gasteiger partial charge in [0.05, 0.1) is 5.92 Å². The maximum absolute atomic E-state index is 12.8. The third kappa shape index (κ3) is 2.88. The Morgan fingerprint density at radius 3 is 2.61 bits per heavy atom. The Kier molecular flexibility index (Phi) is 3.97. The Morgan fingerprint density at radius 1 is 1.33 bits per heavy atom. The van der Waals surface area contributed by atoms with E-state index in [1.165, 1.54) is 12.1 Å². The van der Waals surface area contributed by atoms with Crippen LogP contribution in [-0.4, -0.2) is 26.0 Å². The van der Waals surface area contributed by atoms with E-state index in [1.54, 1.807) is 24.1 Å². The number of amides is 1. The lowest BCUT2D eigenvalue weighted by molar-refractivity contribution is -0.123. The van der Waals surface area contributed by atoms with E-state index in [1.807, 2.05) is 0 Å². The van der Waals surface area contributed by atoms with E-state index in [-0.39, 0.29) is 17.6 Å². The summed E-state index contributed by atoms with van der Waals surface area (Å²) in [6.45, 7) is 3.85. The number of nitrogens with one attached hydrogen (secondary N) is 1. The quantitative estimate of drug-likeness (QED) is 0.871. The lowest BCUT2D eigenvalue weighted by Crippen LogP contribution is -2.44. The van der Waals surface area contributed by atoms with Gasteiger partial charge in [-0.2, -0.15) is 0 Å². The van der Waals surface area contributed by atoms with E-state index >= 15 is 0 Å². The van der Waals surface area contributed by atoms with Crippen molar-refractivity contribution in [3.05, 3.63) is 30.1 Å². The summed E-state index contributed by atoms with van der Waals surface area (Å²) in [6, 6.07) is 6.02. The van der Waals surface area contributed by atoms with Crippen molar-refractivity contribution in [1.29, 1.82) is 0 Å². The molecule has 98 valence electrons. The molecule has 1 aliphatic rings. The van der Waals surface area contributed by atoms with Crippen LogP contribution in [0.25, 0.3) is 0 Å². The van der Waals surface area contributed by atoms with Crippen molar-refractivity contribution in [2.24, 2.45) is 11.8 Å². The smallest absolute Gasteiger partial charge is 0.231 e. The van der Waals surface area contributed by atoms with Crippen molar-refractivity contribution in [3.8, 4) is 0 Å². The number of carbonyl (C=O) groups excluding carboxylic acids is 1. The van der Waals surface area contributed by atoms with Crippen LogP contribution in [0, 0.1) is 17.7 Å². The first-order chi connectivity index (χ1) is 8.58. The molecule has 1 amide bonds. The van der Waals surface area contributed by atoms with Crippen molar-refractivity contribution in [2.45, 2.75) is 13.3 Å². The highest BCUT2D eigenvalue weighted by Gasteiger charge is 2.27. The van der Waals surface area contributed by atoms with Gasteiger partial charge in [0, 0.05) is 19.3 Å². The zero-order valence-electron chi connectivity index (χ0n) is 10.8. The molecule has 2 atom stereocenters. The molecule has 0 bridgehead atoms. The van der Waals surface area contributed by atoms with Crippen LogP contribution in [0.5, 0.6) is 0 Å². The summed E-state index contributed by atoms with van der Waals surface area (Å²) >= 11 is 0. The topological polar surface area (TPSA) is 32.3 Å². The van der Waals surface area contributed by atoms with Crippen molar-refractivity contribution >= 4 is 11.6 Å². The van der Waals surface area contributed by atoms with Gasteiger partial charge in [-0.05, 0) is 43.1 Å². The molecular weight excluding hydrogens is 231 g/mol. The summed E-state index contributed by atoms with van der Waals surface area (Å²) in [5.74, 6) is 0.353. The third-order valence-electron chi connectivity index (χ3n) is 3.46. The van der Waals surface area contributed by atoms with Crippen molar-refractivity contribution < 1.29 is 9.18 Å². The Labute approximate surface area is 107 Å². The Balaban J connectivity index is 2.06. The summed E-state index contributed by atoms with van der Waals surface area (Å²) < 4.78 is 12.8. The molecule has 0 aliphatic carbocycles. The standard InChI is InChI=1S/C14H19FN2O/c1-10-7-11(9-16-8-10)14(18)17(2)13-5-3-12(15)4-6-13/h3-6,10-11,16H,7-9H2,1-2H3. The van der Waals surface area contributed by atoms with E-state index in [9.17, 15) is 9.18 Å². The average Bonchev–Trinajstić information content (AvgIpc) is 2.38. The van der Waals surface area contributed by atoms with Gasteiger partial charge in [0.15, 0.2) is 0 Å². The van der Waals surface area contributed by atoms with Crippen LogP contribution in [-0.2, 0) is 4.79 Å². The molecule has 0 saturated carbocycles. The number of carbonyl (C=O) groups is 1. The number of hydrogen-bond donors (Lipinski definition) is 1. The van der Waals surface area contributed by atoms with Gasteiger partial charge in [0.2, 0.25) is 5.91 Å². The first kappa shape index (κ1) is 13.0. The summed E-state index contributed by atoms with van der Waals surface area (Å²) in [5.41, 5.74) is 0.736. The molecule has 0 radical (unpaired) electrons. The number of rotatable bonds is 2. The van der Waals surface area contributed by atoms with E-state index in [0.29, 0.717) is 5.92 Å². The number of anilines is 1. The average molecular weight is 250 g/mol. The van der Waals surface area contributed by atoms with Crippen LogP contribution < -0.4 is 10.2 Å². The van der Waals surface area contributed by atoms with Crippen LogP contribution in [0.4, 0.5) is 10.1 Å². The van der Waals surface area contributed by atoms with E-state index in [0.717, 1.165) is 25.2 Å².